The highest BCUT2D eigenvalue weighted by Crippen LogP contribution is 1.79. The van der Waals surface area contributed by atoms with Crippen LogP contribution >= 0.6 is 11.6 Å². The Morgan fingerprint density at radius 1 is 1.42 bits per heavy atom. The van der Waals surface area contributed by atoms with Crippen molar-refractivity contribution in [2.45, 2.75) is 13.3 Å². The summed E-state index contributed by atoms with van der Waals surface area (Å²) in [6, 6.07) is 0. The van der Waals surface area contributed by atoms with Crippen molar-refractivity contribution in [3.63, 3.8) is 0 Å². The lowest BCUT2D eigenvalue weighted by Crippen LogP contribution is -2.20. The van der Waals surface area contributed by atoms with Gasteiger partial charge in [-0.05, 0) is 27.6 Å². The molecule has 1 N–H and O–H groups in total. The molecule has 74 valence electrons. The molecular weight excluding hydrogens is 176 g/mol. The van der Waals surface area contributed by atoms with Gasteiger partial charge in [-0.3, -0.25) is 4.79 Å². The van der Waals surface area contributed by atoms with Crippen LogP contribution in [0.15, 0.2) is 0 Å². The topological polar surface area (TPSA) is 32.3 Å². The van der Waals surface area contributed by atoms with Gasteiger partial charge in [-0.2, -0.15) is 0 Å². The normalized spacial score (nSPS) is 8.83. The Morgan fingerprint density at radius 3 is 2.08 bits per heavy atom. The van der Waals surface area contributed by atoms with E-state index in [1.54, 1.807) is 0 Å². The zero-order valence-electron chi connectivity index (χ0n) is 8.35. The fourth-order valence-electron chi connectivity index (χ4n) is 0.331. The zero-order valence-corrected chi connectivity index (χ0v) is 9.11. The molecule has 0 aromatic heterocycles. The summed E-state index contributed by atoms with van der Waals surface area (Å²) in [5.41, 5.74) is 0. The summed E-state index contributed by atoms with van der Waals surface area (Å²) < 4.78 is 0. The van der Waals surface area contributed by atoms with E-state index in [1.165, 1.54) is 6.92 Å². The molecular formula is C8H19ClN2O. The van der Waals surface area contributed by atoms with Crippen LogP contribution in [0.1, 0.15) is 13.3 Å². The van der Waals surface area contributed by atoms with Gasteiger partial charge in [0.05, 0.1) is 0 Å². The van der Waals surface area contributed by atoms with Gasteiger partial charge in [-0.1, -0.05) is 0 Å². The van der Waals surface area contributed by atoms with Crippen LogP contribution in [0, 0.1) is 0 Å². The summed E-state index contributed by atoms with van der Waals surface area (Å²) >= 11 is 5.33. The van der Waals surface area contributed by atoms with E-state index in [9.17, 15) is 4.79 Å². The van der Waals surface area contributed by atoms with Crippen molar-refractivity contribution in [1.29, 1.82) is 0 Å². The molecule has 0 fully saturated rings. The summed E-state index contributed by atoms with van der Waals surface area (Å²) in [5, 5.41) is 2.62. The highest BCUT2D eigenvalue weighted by molar-refractivity contribution is 6.17. The third-order valence-electron chi connectivity index (χ3n) is 0.684. The molecule has 0 aromatic rings. The second-order valence-electron chi connectivity index (χ2n) is 2.87. The number of nitrogens with one attached hydrogen (secondary N) is 1. The van der Waals surface area contributed by atoms with Gasteiger partial charge in [0, 0.05) is 19.3 Å². The minimum atomic E-state index is 0.00937. The molecule has 0 aromatic carbocycles. The largest absolute Gasteiger partial charge is 0.356 e. The summed E-state index contributed by atoms with van der Waals surface area (Å²) in [6.07, 6.45) is 0.848. The highest BCUT2D eigenvalue weighted by Gasteiger charge is 1.86. The molecule has 0 unspecified atom stereocenters. The monoisotopic (exact) mass is 194 g/mol. The molecule has 0 spiro atoms. The minimum Gasteiger partial charge on any atom is -0.356 e. The molecule has 3 nitrogen and oxygen atoms in total. The number of hydrogen-bond donors (Lipinski definition) is 1. The van der Waals surface area contributed by atoms with Gasteiger partial charge in [-0.25, -0.2) is 0 Å². The second kappa shape index (κ2) is 10.7. The number of rotatable bonds is 3. The number of nitrogens with zero attached hydrogens (tertiary/aromatic N) is 1. The Balaban J connectivity index is 0. The molecule has 0 heterocycles. The van der Waals surface area contributed by atoms with Crippen molar-refractivity contribution in [2.75, 3.05) is 33.6 Å². The van der Waals surface area contributed by atoms with E-state index in [-0.39, 0.29) is 5.91 Å². The van der Waals surface area contributed by atoms with Crippen LogP contribution in [0.5, 0.6) is 0 Å². The SMILES string of the molecule is CC(=O)NCCCCl.CN(C)C. The third kappa shape index (κ3) is 33.2. The first kappa shape index (κ1) is 14.3. The van der Waals surface area contributed by atoms with Crippen molar-refractivity contribution < 1.29 is 4.79 Å². The standard InChI is InChI=1S/C5H10ClNO.C3H9N/c1-5(8)7-4-2-3-6;1-4(2)3/h2-4H2,1H3,(H,7,8);1-3H3. The average molecular weight is 195 g/mol. The summed E-state index contributed by atoms with van der Waals surface area (Å²) in [5.74, 6) is 0.621. The fourth-order valence-corrected chi connectivity index (χ4v) is 0.465. The van der Waals surface area contributed by atoms with Crippen molar-refractivity contribution in [3.05, 3.63) is 0 Å². The van der Waals surface area contributed by atoms with Gasteiger partial charge in [-0.15, -0.1) is 11.6 Å². The Hall–Kier alpha value is -0.280. The summed E-state index contributed by atoms with van der Waals surface area (Å²) in [4.78, 5) is 12.2. The van der Waals surface area contributed by atoms with E-state index in [2.05, 4.69) is 5.32 Å². The maximum atomic E-state index is 10.2. The van der Waals surface area contributed by atoms with Crippen molar-refractivity contribution in [2.24, 2.45) is 0 Å². The molecule has 0 aliphatic carbocycles. The number of carbonyl (C=O) groups excluding carboxylic acids is 1. The van der Waals surface area contributed by atoms with Gasteiger partial charge in [0.15, 0.2) is 0 Å². The van der Waals surface area contributed by atoms with E-state index < -0.39 is 0 Å². The van der Waals surface area contributed by atoms with E-state index in [0.29, 0.717) is 12.4 Å². The fraction of sp³-hybridized carbons (Fsp3) is 0.875. The van der Waals surface area contributed by atoms with Gasteiger partial charge in [0.2, 0.25) is 5.91 Å². The van der Waals surface area contributed by atoms with E-state index in [4.69, 9.17) is 11.6 Å². The third-order valence-corrected chi connectivity index (χ3v) is 0.952. The highest BCUT2D eigenvalue weighted by atomic mass is 35.5. The molecule has 1 amide bonds. The maximum Gasteiger partial charge on any atom is 0.216 e. The Kier molecular flexibility index (Phi) is 12.7. The molecule has 0 radical (unpaired) electrons. The molecule has 4 heteroatoms. The van der Waals surface area contributed by atoms with Crippen LogP contribution in [-0.2, 0) is 4.79 Å². The number of hydrogen-bond acceptors (Lipinski definition) is 2. The lowest BCUT2D eigenvalue weighted by Gasteiger charge is -1.95. The molecule has 0 aliphatic heterocycles. The lowest BCUT2D eigenvalue weighted by atomic mass is 10.5. The van der Waals surface area contributed by atoms with Crippen LogP contribution in [0.3, 0.4) is 0 Å². The van der Waals surface area contributed by atoms with Crippen LogP contribution in [0.25, 0.3) is 0 Å². The zero-order chi connectivity index (χ0) is 9.98. The van der Waals surface area contributed by atoms with Crippen LogP contribution in [0.2, 0.25) is 0 Å². The predicted molar refractivity (Wildman–Crippen MR) is 53.6 cm³/mol. The van der Waals surface area contributed by atoms with E-state index >= 15 is 0 Å². The Morgan fingerprint density at radius 2 is 1.83 bits per heavy atom. The smallest absolute Gasteiger partial charge is 0.216 e. The van der Waals surface area contributed by atoms with Gasteiger partial charge in [0.25, 0.3) is 0 Å². The first-order valence-corrected chi connectivity index (χ1v) is 4.45. The Labute approximate surface area is 80.1 Å². The van der Waals surface area contributed by atoms with Gasteiger partial charge >= 0.3 is 0 Å². The first-order chi connectivity index (χ1) is 5.50. The Bertz CT molecular complexity index is 104. The molecule has 0 bridgehead atoms. The molecule has 0 rings (SSSR count). The van der Waals surface area contributed by atoms with Crippen molar-refractivity contribution >= 4 is 17.5 Å². The van der Waals surface area contributed by atoms with Crippen LogP contribution < -0.4 is 5.32 Å². The average Bonchev–Trinajstić information content (AvgIpc) is 1.86. The van der Waals surface area contributed by atoms with Crippen LogP contribution in [-0.4, -0.2) is 44.4 Å². The summed E-state index contributed by atoms with van der Waals surface area (Å²) in [6.45, 7) is 2.19. The molecule has 12 heavy (non-hydrogen) atoms. The first-order valence-electron chi connectivity index (χ1n) is 3.92. The van der Waals surface area contributed by atoms with Gasteiger partial charge in [0.1, 0.15) is 0 Å². The number of amides is 1. The lowest BCUT2D eigenvalue weighted by molar-refractivity contribution is -0.118. The number of alkyl halides is 1. The van der Waals surface area contributed by atoms with Gasteiger partial charge < -0.3 is 10.2 Å². The quantitative estimate of drug-likeness (QED) is 0.536. The minimum absolute atomic E-state index is 0.00937. The number of halogens is 1. The van der Waals surface area contributed by atoms with Crippen molar-refractivity contribution in [3.8, 4) is 0 Å². The van der Waals surface area contributed by atoms with E-state index in [0.717, 1.165) is 6.42 Å². The maximum absolute atomic E-state index is 10.2. The summed E-state index contributed by atoms with van der Waals surface area (Å²) in [7, 11) is 6.00. The number of carbonyl (C=O) groups is 1. The van der Waals surface area contributed by atoms with Crippen molar-refractivity contribution in [1.82, 2.24) is 10.2 Å². The second-order valence-corrected chi connectivity index (χ2v) is 3.25. The molecule has 0 aliphatic rings. The van der Waals surface area contributed by atoms with Crippen LogP contribution in [0.4, 0.5) is 0 Å². The molecule has 0 saturated carbocycles. The van der Waals surface area contributed by atoms with E-state index in [1.807, 2.05) is 26.0 Å². The molecule has 0 atom stereocenters. The predicted octanol–water partition coefficient (Wildman–Crippen LogP) is 0.929. The molecule has 0 saturated heterocycles.